The maximum absolute atomic E-state index is 12.1. The molecule has 0 saturated heterocycles. The Morgan fingerprint density at radius 2 is 2.15 bits per heavy atom. The van der Waals surface area contributed by atoms with Crippen LogP contribution in [0, 0.1) is 5.92 Å². The fourth-order valence-corrected chi connectivity index (χ4v) is 3.62. The van der Waals surface area contributed by atoms with E-state index >= 15 is 0 Å². The SMILES string of the molecule is COC(=O)c1cccc(NC(=O)CSC2=NC(=O)C3CCCCC3=N2)c1. The average Bonchev–Trinajstić information content (AvgIpc) is 2.66. The Balaban J connectivity index is 1.57. The molecule has 26 heavy (non-hydrogen) atoms. The zero-order valence-electron chi connectivity index (χ0n) is 14.4. The van der Waals surface area contributed by atoms with Crippen molar-refractivity contribution < 1.29 is 19.1 Å². The van der Waals surface area contributed by atoms with Crippen LogP contribution in [0.15, 0.2) is 34.3 Å². The molecule has 2 aliphatic rings. The number of amidine groups is 1. The van der Waals surface area contributed by atoms with Gasteiger partial charge in [0.05, 0.1) is 24.3 Å². The van der Waals surface area contributed by atoms with Gasteiger partial charge in [0.15, 0.2) is 5.17 Å². The molecule has 1 aromatic rings. The van der Waals surface area contributed by atoms with Crippen LogP contribution in [0.5, 0.6) is 0 Å². The summed E-state index contributed by atoms with van der Waals surface area (Å²) in [5, 5.41) is 3.06. The third-order valence-electron chi connectivity index (χ3n) is 4.22. The molecule has 1 unspecified atom stereocenters. The number of ether oxygens (including phenoxy) is 1. The second-order valence-corrected chi connectivity index (χ2v) is 6.99. The minimum Gasteiger partial charge on any atom is -0.465 e. The van der Waals surface area contributed by atoms with E-state index in [0.717, 1.165) is 43.2 Å². The van der Waals surface area contributed by atoms with E-state index in [4.69, 9.17) is 0 Å². The Morgan fingerprint density at radius 1 is 1.31 bits per heavy atom. The van der Waals surface area contributed by atoms with Crippen molar-refractivity contribution in [2.75, 3.05) is 18.2 Å². The molecule has 1 aromatic carbocycles. The molecule has 1 aliphatic heterocycles. The molecule has 136 valence electrons. The number of methoxy groups -OCH3 is 1. The van der Waals surface area contributed by atoms with E-state index in [1.54, 1.807) is 24.3 Å². The molecular formula is C18H19N3O4S. The number of nitrogens with zero attached hydrogens (tertiary/aromatic N) is 2. The number of fused-ring (bicyclic) bond motifs is 1. The van der Waals surface area contributed by atoms with Gasteiger partial charge in [0.1, 0.15) is 0 Å². The lowest BCUT2D eigenvalue weighted by atomic mass is 9.86. The van der Waals surface area contributed by atoms with E-state index in [1.807, 2.05) is 0 Å². The molecule has 0 radical (unpaired) electrons. The van der Waals surface area contributed by atoms with Crippen LogP contribution < -0.4 is 5.32 Å². The molecule has 0 bridgehead atoms. The maximum atomic E-state index is 12.1. The molecule has 0 spiro atoms. The van der Waals surface area contributed by atoms with Crippen LogP contribution in [0.2, 0.25) is 0 Å². The summed E-state index contributed by atoms with van der Waals surface area (Å²) >= 11 is 1.14. The van der Waals surface area contributed by atoms with Crippen molar-refractivity contribution in [3.63, 3.8) is 0 Å². The van der Waals surface area contributed by atoms with E-state index in [1.165, 1.54) is 7.11 Å². The van der Waals surface area contributed by atoms with Crippen LogP contribution in [0.25, 0.3) is 0 Å². The number of rotatable bonds is 4. The van der Waals surface area contributed by atoms with E-state index in [0.29, 0.717) is 16.4 Å². The summed E-state index contributed by atoms with van der Waals surface area (Å²) in [5.41, 5.74) is 1.75. The average molecular weight is 373 g/mol. The first kappa shape index (κ1) is 18.3. The minimum atomic E-state index is -0.469. The summed E-state index contributed by atoms with van der Waals surface area (Å²) in [4.78, 5) is 44.2. The van der Waals surface area contributed by atoms with Crippen molar-refractivity contribution in [2.24, 2.45) is 15.9 Å². The third-order valence-corrected chi connectivity index (χ3v) is 5.07. The predicted octanol–water partition coefficient (Wildman–Crippen LogP) is 2.67. The topological polar surface area (TPSA) is 97.2 Å². The van der Waals surface area contributed by atoms with Gasteiger partial charge in [0, 0.05) is 11.4 Å². The second kappa shape index (κ2) is 8.27. The van der Waals surface area contributed by atoms with Crippen molar-refractivity contribution in [1.29, 1.82) is 0 Å². The van der Waals surface area contributed by atoms with Gasteiger partial charge in [-0.1, -0.05) is 24.2 Å². The Kier molecular flexibility index (Phi) is 5.82. The van der Waals surface area contributed by atoms with Crippen molar-refractivity contribution in [3.05, 3.63) is 29.8 Å². The van der Waals surface area contributed by atoms with Crippen molar-refractivity contribution in [3.8, 4) is 0 Å². The number of hydrogen-bond donors (Lipinski definition) is 1. The Bertz CT molecular complexity index is 803. The van der Waals surface area contributed by atoms with Gasteiger partial charge < -0.3 is 10.1 Å². The highest BCUT2D eigenvalue weighted by Gasteiger charge is 2.30. The molecule has 1 N–H and O–H groups in total. The van der Waals surface area contributed by atoms with Crippen LogP contribution in [-0.2, 0) is 14.3 Å². The second-order valence-electron chi connectivity index (χ2n) is 6.04. The highest BCUT2D eigenvalue weighted by molar-refractivity contribution is 8.14. The molecule has 1 saturated carbocycles. The van der Waals surface area contributed by atoms with Gasteiger partial charge >= 0.3 is 5.97 Å². The highest BCUT2D eigenvalue weighted by Crippen LogP contribution is 2.27. The van der Waals surface area contributed by atoms with Gasteiger partial charge in [-0.15, -0.1) is 0 Å². The number of carbonyl (C=O) groups excluding carboxylic acids is 3. The summed E-state index contributed by atoms with van der Waals surface area (Å²) in [7, 11) is 1.30. The molecule has 2 amide bonds. The zero-order chi connectivity index (χ0) is 18.5. The third kappa shape index (κ3) is 4.37. The Labute approximate surface area is 155 Å². The molecule has 7 nitrogen and oxygen atoms in total. The summed E-state index contributed by atoms with van der Waals surface area (Å²) in [6.45, 7) is 0. The molecule has 1 heterocycles. The van der Waals surface area contributed by atoms with Gasteiger partial charge in [-0.25, -0.2) is 9.79 Å². The molecule has 1 aliphatic carbocycles. The lowest BCUT2D eigenvalue weighted by molar-refractivity contribution is -0.120. The molecule has 0 aromatic heterocycles. The highest BCUT2D eigenvalue weighted by atomic mass is 32.2. The lowest BCUT2D eigenvalue weighted by Crippen LogP contribution is -2.30. The van der Waals surface area contributed by atoms with Gasteiger partial charge in [0.2, 0.25) is 5.91 Å². The van der Waals surface area contributed by atoms with Crippen molar-refractivity contribution in [1.82, 2.24) is 0 Å². The lowest BCUT2D eigenvalue weighted by Gasteiger charge is -2.24. The van der Waals surface area contributed by atoms with E-state index in [9.17, 15) is 14.4 Å². The quantitative estimate of drug-likeness (QED) is 0.819. The number of benzene rings is 1. The Morgan fingerprint density at radius 3 is 2.96 bits per heavy atom. The van der Waals surface area contributed by atoms with Crippen LogP contribution in [0.3, 0.4) is 0 Å². The van der Waals surface area contributed by atoms with Crippen LogP contribution in [0.4, 0.5) is 5.69 Å². The van der Waals surface area contributed by atoms with Crippen LogP contribution in [-0.4, -0.2) is 41.5 Å². The summed E-state index contributed by atoms with van der Waals surface area (Å²) in [6, 6.07) is 6.50. The van der Waals surface area contributed by atoms with Gasteiger partial charge in [-0.3, -0.25) is 9.59 Å². The van der Waals surface area contributed by atoms with E-state index in [2.05, 4.69) is 20.0 Å². The standard InChI is InChI=1S/C18H19N3O4S/c1-25-17(24)11-5-4-6-12(9-11)19-15(22)10-26-18-20-14-8-3-2-7-13(14)16(23)21-18/h4-6,9,13H,2-3,7-8,10H2,1H3,(H,19,22). The number of aliphatic imine (C=N–C) groups is 2. The van der Waals surface area contributed by atoms with Gasteiger partial charge in [-0.2, -0.15) is 4.99 Å². The predicted molar refractivity (Wildman–Crippen MR) is 101 cm³/mol. The monoisotopic (exact) mass is 373 g/mol. The maximum Gasteiger partial charge on any atom is 0.337 e. The molecule has 1 atom stereocenters. The normalized spacial score (nSPS) is 19.1. The smallest absolute Gasteiger partial charge is 0.337 e. The first-order valence-corrected chi connectivity index (χ1v) is 9.36. The summed E-state index contributed by atoms with van der Waals surface area (Å²) < 4.78 is 4.66. The first-order valence-electron chi connectivity index (χ1n) is 8.38. The number of carbonyl (C=O) groups is 3. The van der Waals surface area contributed by atoms with Crippen molar-refractivity contribution >= 4 is 46.1 Å². The fourth-order valence-electron chi connectivity index (χ4n) is 2.95. The fraction of sp³-hybridized carbons (Fsp3) is 0.389. The number of amides is 2. The van der Waals surface area contributed by atoms with Gasteiger partial charge in [0.25, 0.3) is 5.91 Å². The zero-order valence-corrected chi connectivity index (χ0v) is 15.2. The van der Waals surface area contributed by atoms with E-state index < -0.39 is 5.97 Å². The van der Waals surface area contributed by atoms with Gasteiger partial charge in [-0.05, 0) is 37.5 Å². The number of anilines is 1. The molecular weight excluding hydrogens is 354 g/mol. The largest absolute Gasteiger partial charge is 0.465 e. The molecule has 1 fully saturated rings. The number of thioether (sulfide) groups is 1. The molecule has 3 rings (SSSR count). The van der Waals surface area contributed by atoms with Crippen molar-refractivity contribution in [2.45, 2.75) is 25.7 Å². The van der Waals surface area contributed by atoms with Crippen LogP contribution in [0.1, 0.15) is 36.0 Å². The summed E-state index contributed by atoms with van der Waals surface area (Å²) in [5.74, 6) is -0.969. The first-order chi connectivity index (χ1) is 12.6. The molecule has 8 heteroatoms. The minimum absolute atomic E-state index is 0.0794. The Hall–Kier alpha value is -2.48. The van der Waals surface area contributed by atoms with E-state index in [-0.39, 0.29) is 23.5 Å². The number of hydrogen-bond acceptors (Lipinski definition) is 6. The van der Waals surface area contributed by atoms with Crippen LogP contribution >= 0.6 is 11.8 Å². The summed E-state index contributed by atoms with van der Waals surface area (Å²) in [6.07, 6.45) is 3.71. The number of nitrogens with one attached hydrogen (secondary N) is 1. The number of esters is 1.